The third-order valence-corrected chi connectivity index (χ3v) is 8.91. The van der Waals surface area contributed by atoms with E-state index in [9.17, 15) is 26.4 Å². The van der Waals surface area contributed by atoms with Crippen molar-refractivity contribution in [1.82, 2.24) is 0 Å². The Balaban J connectivity index is 2.17. The molecule has 0 heterocycles. The molecule has 0 aliphatic heterocycles. The SMILES string of the molecule is Cc1ccc(S(=O)(=O)C(Cl)C(=O)OC(=O)C(Cl)S(=O)(=O)c2ccc(C)cc2)cc1. The lowest BCUT2D eigenvalue weighted by Gasteiger charge is -2.13. The van der Waals surface area contributed by atoms with E-state index in [0.717, 1.165) is 11.1 Å². The van der Waals surface area contributed by atoms with Crippen LogP contribution in [0.5, 0.6) is 0 Å². The smallest absolute Gasteiger partial charge is 0.347 e. The molecule has 0 fully saturated rings. The van der Waals surface area contributed by atoms with Gasteiger partial charge in [-0.15, -0.1) is 0 Å². The molecule has 7 nitrogen and oxygen atoms in total. The van der Waals surface area contributed by atoms with Gasteiger partial charge in [0.2, 0.25) is 29.1 Å². The molecule has 0 aromatic heterocycles. The number of esters is 2. The number of aryl methyl sites for hydroxylation is 2. The van der Waals surface area contributed by atoms with Crippen molar-refractivity contribution in [3.05, 3.63) is 59.7 Å². The van der Waals surface area contributed by atoms with Crippen molar-refractivity contribution >= 4 is 54.8 Å². The predicted molar refractivity (Wildman–Crippen MR) is 107 cm³/mol. The van der Waals surface area contributed by atoms with E-state index in [0.29, 0.717) is 0 Å². The van der Waals surface area contributed by atoms with E-state index in [2.05, 4.69) is 4.74 Å². The quantitative estimate of drug-likeness (QED) is 0.356. The van der Waals surface area contributed by atoms with Crippen molar-refractivity contribution in [1.29, 1.82) is 0 Å². The first-order valence-electron chi connectivity index (χ1n) is 8.02. The minimum Gasteiger partial charge on any atom is -0.389 e. The zero-order valence-electron chi connectivity index (χ0n) is 15.2. The third-order valence-electron chi connectivity index (χ3n) is 3.82. The first-order chi connectivity index (χ1) is 13.4. The highest BCUT2D eigenvalue weighted by atomic mass is 35.5. The highest BCUT2D eigenvalue weighted by Crippen LogP contribution is 2.23. The van der Waals surface area contributed by atoms with E-state index in [1.54, 1.807) is 13.8 Å². The standard InChI is InChI=1S/C18H16Cl2O7S2/c1-11-3-7-13(8-4-11)28(23,24)15(19)17(21)27-18(22)16(20)29(25,26)14-9-5-12(2)6-10-14/h3-10,15-16H,1-2H3. The summed E-state index contributed by atoms with van der Waals surface area (Å²) < 4.78 is 49.4. The Morgan fingerprint density at radius 1 is 0.690 bits per heavy atom. The molecule has 2 atom stereocenters. The van der Waals surface area contributed by atoms with E-state index in [1.165, 1.54) is 48.5 Å². The maximum atomic E-state index is 12.4. The van der Waals surface area contributed by atoms with Crippen molar-refractivity contribution in [2.24, 2.45) is 0 Å². The molecule has 0 bridgehead atoms. The molecule has 2 aromatic carbocycles. The Labute approximate surface area is 178 Å². The molecular weight excluding hydrogens is 463 g/mol. The maximum absolute atomic E-state index is 12.4. The van der Waals surface area contributed by atoms with Gasteiger partial charge in [0.05, 0.1) is 9.79 Å². The zero-order chi connectivity index (χ0) is 22.0. The number of sulfone groups is 2. The van der Waals surface area contributed by atoms with Crippen LogP contribution in [0.25, 0.3) is 0 Å². The Kier molecular flexibility index (Phi) is 7.10. The second-order valence-corrected chi connectivity index (χ2v) is 11.5. The Morgan fingerprint density at radius 3 is 1.24 bits per heavy atom. The number of hydrogen-bond donors (Lipinski definition) is 0. The number of rotatable bonds is 6. The highest BCUT2D eigenvalue weighted by molar-refractivity contribution is 7.94. The fraction of sp³-hybridized carbons (Fsp3) is 0.222. The number of ether oxygens (including phenoxy) is 1. The summed E-state index contributed by atoms with van der Waals surface area (Å²) >= 11 is 11.4. The van der Waals surface area contributed by atoms with E-state index >= 15 is 0 Å². The maximum Gasteiger partial charge on any atom is 0.347 e. The summed E-state index contributed by atoms with van der Waals surface area (Å²) in [6, 6.07) is 10.9. The zero-order valence-corrected chi connectivity index (χ0v) is 18.3. The van der Waals surface area contributed by atoms with Gasteiger partial charge in [0.1, 0.15) is 0 Å². The molecule has 2 aromatic rings. The summed E-state index contributed by atoms with van der Waals surface area (Å²) in [6.45, 7) is 3.47. The van der Waals surface area contributed by atoms with Crippen LogP contribution in [0, 0.1) is 13.8 Å². The monoisotopic (exact) mass is 478 g/mol. The molecule has 0 aliphatic rings. The van der Waals surface area contributed by atoms with Gasteiger partial charge in [-0.05, 0) is 38.1 Å². The third kappa shape index (κ3) is 5.16. The molecule has 156 valence electrons. The molecule has 0 spiro atoms. The highest BCUT2D eigenvalue weighted by Gasteiger charge is 2.39. The minimum absolute atomic E-state index is 0.262. The first kappa shape index (κ1) is 23.3. The summed E-state index contributed by atoms with van der Waals surface area (Å²) in [6.07, 6.45) is 0. The summed E-state index contributed by atoms with van der Waals surface area (Å²) in [5, 5.41) is 0. The van der Waals surface area contributed by atoms with Crippen molar-refractivity contribution < 1.29 is 31.2 Å². The molecule has 0 aliphatic carbocycles. The predicted octanol–water partition coefficient (Wildman–Crippen LogP) is 2.75. The number of halogens is 2. The van der Waals surface area contributed by atoms with Crippen LogP contribution in [-0.4, -0.2) is 38.2 Å². The number of alkyl halides is 2. The minimum atomic E-state index is -4.37. The van der Waals surface area contributed by atoms with Crippen LogP contribution in [-0.2, 0) is 34.0 Å². The molecule has 29 heavy (non-hydrogen) atoms. The molecule has 11 heteroatoms. The van der Waals surface area contributed by atoms with Gasteiger partial charge >= 0.3 is 11.9 Å². The van der Waals surface area contributed by atoms with Crippen molar-refractivity contribution in [2.45, 2.75) is 33.1 Å². The number of carbonyl (C=O) groups is 2. The van der Waals surface area contributed by atoms with Crippen LogP contribution < -0.4 is 0 Å². The van der Waals surface area contributed by atoms with Crippen LogP contribution in [0.2, 0.25) is 0 Å². The summed E-state index contributed by atoms with van der Waals surface area (Å²) in [4.78, 5) is 23.6. The van der Waals surface area contributed by atoms with Gasteiger partial charge in [-0.2, -0.15) is 0 Å². The van der Waals surface area contributed by atoms with Gasteiger partial charge < -0.3 is 4.74 Å². The number of benzene rings is 2. The number of hydrogen-bond acceptors (Lipinski definition) is 7. The normalized spacial score (nSPS) is 14.1. The summed E-state index contributed by atoms with van der Waals surface area (Å²) in [5.74, 6) is -3.30. The van der Waals surface area contributed by atoms with Gasteiger partial charge in [-0.3, -0.25) is 0 Å². The van der Waals surface area contributed by atoms with Crippen LogP contribution in [0.3, 0.4) is 0 Å². The molecule has 0 saturated carbocycles. The second-order valence-electron chi connectivity index (χ2n) is 6.09. The largest absolute Gasteiger partial charge is 0.389 e. The molecule has 0 saturated heterocycles. The van der Waals surface area contributed by atoms with Crippen molar-refractivity contribution in [3.63, 3.8) is 0 Å². The molecule has 2 rings (SSSR count). The van der Waals surface area contributed by atoms with Crippen molar-refractivity contribution in [3.8, 4) is 0 Å². The lowest BCUT2D eigenvalue weighted by molar-refractivity contribution is -0.156. The van der Waals surface area contributed by atoms with Gasteiger partial charge in [0, 0.05) is 0 Å². The fourth-order valence-corrected chi connectivity index (χ4v) is 4.96. The topological polar surface area (TPSA) is 112 Å². The second kappa shape index (κ2) is 8.83. The molecule has 0 amide bonds. The molecule has 0 radical (unpaired) electrons. The number of carbonyl (C=O) groups excluding carboxylic acids is 2. The van der Waals surface area contributed by atoms with Crippen LogP contribution in [0.4, 0.5) is 0 Å². The Morgan fingerprint density at radius 2 is 0.966 bits per heavy atom. The van der Waals surface area contributed by atoms with Gasteiger partial charge in [0.15, 0.2) is 0 Å². The van der Waals surface area contributed by atoms with Gasteiger partial charge in [-0.25, -0.2) is 26.4 Å². The van der Waals surface area contributed by atoms with E-state index < -0.39 is 41.0 Å². The van der Waals surface area contributed by atoms with Crippen molar-refractivity contribution in [2.75, 3.05) is 0 Å². The summed E-state index contributed by atoms with van der Waals surface area (Å²) in [5.41, 5.74) is 1.55. The van der Waals surface area contributed by atoms with Crippen LogP contribution in [0.15, 0.2) is 58.3 Å². The first-order valence-corrected chi connectivity index (χ1v) is 12.0. The average molecular weight is 479 g/mol. The lowest BCUT2D eigenvalue weighted by Crippen LogP contribution is -2.34. The van der Waals surface area contributed by atoms with E-state index in [1.807, 2.05) is 0 Å². The molecule has 0 N–H and O–H groups in total. The van der Waals surface area contributed by atoms with E-state index in [4.69, 9.17) is 23.2 Å². The summed E-state index contributed by atoms with van der Waals surface area (Å²) in [7, 11) is -8.75. The Bertz CT molecular complexity index is 1030. The average Bonchev–Trinajstić information content (AvgIpc) is 2.67. The van der Waals surface area contributed by atoms with Crippen LogP contribution in [0.1, 0.15) is 11.1 Å². The molecule has 2 unspecified atom stereocenters. The van der Waals surface area contributed by atoms with Gasteiger partial charge in [0.25, 0.3) is 0 Å². The van der Waals surface area contributed by atoms with Crippen LogP contribution >= 0.6 is 23.2 Å². The molecular formula is C18H16Cl2O7S2. The lowest BCUT2D eigenvalue weighted by atomic mass is 10.2. The van der Waals surface area contributed by atoms with E-state index in [-0.39, 0.29) is 9.79 Å². The van der Waals surface area contributed by atoms with Gasteiger partial charge in [-0.1, -0.05) is 58.6 Å². The Hall–Kier alpha value is -1.94. The fourth-order valence-electron chi connectivity index (χ4n) is 2.14.